The van der Waals surface area contributed by atoms with Gasteiger partial charge in [0.2, 0.25) is 6.49 Å². The lowest BCUT2D eigenvalue weighted by atomic mass is 10.1. The Balaban J connectivity index is 2.92. The molecule has 0 aliphatic heterocycles. The van der Waals surface area contributed by atoms with Crippen molar-refractivity contribution in [1.82, 2.24) is 0 Å². The van der Waals surface area contributed by atoms with E-state index in [0.29, 0.717) is 16.0 Å². The molecule has 0 aliphatic rings. The van der Waals surface area contributed by atoms with Gasteiger partial charge < -0.3 is 18.1 Å². The Bertz CT molecular complexity index is 700. The quantitative estimate of drug-likeness (QED) is 0.738. The smallest absolute Gasteiger partial charge is 0.329 e. The first-order valence-electron chi connectivity index (χ1n) is 6.41. The third-order valence-electron chi connectivity index (χ3n) is 3.41. The molecule has 0 atom stereocenters. The fraction of sp³-hybridized carbons (Fsp3) is 0.286. The van der Waals surface area contributed by atoms with E-state index < -0.39 is 14.1 Å². The van der Waals surface area contributed by atoms with Crippen molar-refractivity contribution in [2.75, 3.05) is 28.4 Å². The Morgan fingerprint density at radius 1 is 0.818 bits per heavy atom. The van der Waals surface area contributed by atoms with Crippen LogP contribution in [0.5, 0.6) is 0 Å². The third-order valence-corrected chi connectivity index (χ3v) is 8.75. The van der Waals surface area contributed by atoms with Crippen LogP contribution in [0.25, 0.3) is 10.8 Å². The molecule has 5 nitrogen and oxygen atoms in total. The maximum Gasteiger partial charge on any atom is 0.361 e. The summed E-state index contributed by atoms with van der Waals surface area (Å²) in [6.45, 7) is -2.70. The molecular formula is C14H18O5P2S. The molecular weight excluding hydrogens is 342 g/mol. The van der Waals surface area contributed by atoms with Gasteiger partial charge in [-0.05, 0) is 29.3 Å². The first kappa shape index (κ1) is 17.8. The summed E-state index contributed by atoms with van der Waals surface area (Å²) >= 11 is 5.55. The molecule has 0 aliphatic carbocycles. The minimum atomic E-state index is -3.44. The summed E-state index contributed by atoms with van der Waals surface area (Å²) < 4.78 is 34.1. The van der Waals surface area contributed by atoms with Crippen molar-refractivity contribution < 1.29 is 22.7 Å². The van der Waals surface area contributed by atoms with Crippen molar-refractivity contribution in [3.05, 3.63) is 36.4 Å². The van der Waals surface area contributed by atoms with Crippen molar-refractivity contribution in [2.45, 2.75) is 0 Å². The molecule has 22 heavy (non-hydrogen) atoms. The molecule has 0 radical (unpaired) electrons. The first-order valence-corrected chi connectivity index (χ1v) is 10.6. The lowest BCUT2D eigenvalue weighted by Gasteiger charge is -2.23. The zero-order valence-electron chi connectivity index (χ0n) is 12.8. The highest BCUT2D eigenvalue weighted by Crippen LogP contribution is 2.51. The van der Waals surface area contributed by atoms with Crippen molar-refractivity contribution >= 4 is 47.3 Å². The maximum atomic E-state index is 12.9. The van der Waals surface area contributed by atoms with Crippen LogP contribution >= 0.6 is 14.1 Å². The summed E-state index contributed by atoms with van der Waals surface area (Å²) in [5, 5.41) is 2.71. The second kappa shape index (κ2) is 6.90. The normalized spacial score (nSPS) is 12.7. The van der Waals surface area contributed by atoms with Crippen LogP contribution in [0.15, 0.2) is 36.4 Å². The zero-order valence-corrected chi connectivity index (χ0v) is 15.4. The maximum absolute atomic E-state index is 12.9. The minimum Gasteiger partial charge on any atom is -0.329 e. The lowest BCUT2D eigenvalue weighted by molar-refractivity contribution is 0.287. The van der Waals surface area contributed by atoms with E-state index in [9.17, 15) is 4.57 Å². The van der Waals surface area contributed by atoms with Gasteiger partial charge in [-0.2, -0.15) is 0 Å². The molecule has 0 amide bonds. The molecule has 0 saturated heterocycles. The van der Waals surface area contributed by atoms with E-state index in [2.05, 4.69) is 0 Å². The summed E-state index contributed by atoms with van der Waals surface area (Å²) in [7, 11) is 2.30. The van der Waals surface area contributed by atoms with Crippen LogP contribution < -0.4 is 10.6 Å². The number of fused-ring (bicyclic) bond motifs is 1. The van der Waals surface area contributed by atoms with Crippen LogP contribution in [0, 0.1) is 0 Å². The van der Waals surface area contributed by atoms with E-state index in [1.807, 2.05) is 24.3 Å². The van der Waals surface area contributed by atoms with Crippen molar-refractivity contribution in [1.29, 1.82) is 0 Å². The van der Waals surface area contributed by atoms with Gasteiger partial charge in [-0.1, -0.05) is 24.3 Å². The first-order chi connectivity index (χ1) is 10.5. The molecule has 2 aromatic rings. The highest BCUT2D eigenvalue weighted by molar-refractivity contribution is 8.13. The van der Waals surface area contributed by atoms with Gasteiger partial charge in [0.25, 0.3) is 0 Å². The molecule has 0 N–H and O–H groups in total. The monoisotopic (exact) mass is 360 g/mol. The van der Waals surface area contributed by atoms with Crippen molar-refractivity contribution in [3.63, 3.8) is 0 Å². The molecule has 0 spiro atoms. The summed E-state index contributed by atoms with van der Waals surface area (Å²) in [6, 6.07) is 11.0. The van der Waals surface area contributed by atoms with Crippen molar-refractivity contribution in [3.8, 4) is 0 Å². The standard InChI is InChI=1S/C14H18O5P2S/c1-16-20(15,17-2)12-9-5-7-11-8-6-10-13(14(11)12)21(22,18-3)19-4/h5-10H,1-4H3. The third kappa shape index (κ3) is 2.93. The van der Waals surface area contributed by atoms with Gasteiger partial charge in [-0.15, -0.1) is 0 Å². The summed E-state index contributed by atoms with van der Waals surface area (Å²) in [5.74, 6) is 0. The zero-order chi connectivity index (χ0) is 16.4. The van der Waals surface area contributed by atoms with Gasteiger partial charge in [-0.25, -0.2) is 0 Å². The van der Waals surface area contributed by atoms with E-state index in [0.717, 1.165) is 5.39 Å². The van der Waals surface area contributed by atoms with Gasteiger partial charge >= 0.3 is 7.60 Å². The van der Waals surface area contributed by atoms with Crippen LogP contribution in [-0.2, 0) is 34.5 Å². The van der Waals surface area contributed by atoms with Gasteiger partial charge in [-0.3, -0.25) is 4.57 Å². The van der Waals surface area contributed by atoms with E-state index in [4.69, 9.17) is 29.9 Å². The van der Waals surface area contributed by atoms with Crippen LogP contribution in [0.4, 0.5) is 0 Å². The Morgan fingerprint density at radius 3 is 1.77 bits per heavy atom. The number of rotatable bonds is 6. The fourth-order valence-electron chi connectivity index (χ4n) is 2.30. The molecule has 0 fully saturated rings. The molecule has 0 heterocycles. The van der Waals surface area contributed by atoms with Gasteiger partial charge in [0.05, 0.1) is 5.30 Å². The van der Waals surface area contributed by atoms with Crippen LogP contribution in [0.3, 0.4) is 0 Å². The van der Waals surface area contributed by atoms with Gasteiger partial charge in [0.1, 0.15) is 0 Å². The Labute approximate surface area is 135 Å². The number of hydrogen-bond donors (Lipinski definition) is 0. The van der Waals surface area contributed by atoms with E-state index in [-0.39, 0.29) is 0 Å². The van der Waals surface area contributed by atoms with E-state index >= 15 is 0 Å². The molecule has 8 heteroatoms. The minimum absolute atomic E-state index is 0.453. The summed E-state index contributed by atoms with van der Waals surface area (Å²) in [6.07, 6.45) is 0. The molecule has 0 saturated carbocycles. The Kier molecular flexibility index (Phi) is 5.57. The SMILES string of the molecule is COP(=O)(OC)c1cccc2cccc(P(=S)(OC)OC)c12. The number of benzene rings is 2. The highest BCUT2D eigenvalue weighted by atomic mass is 32.5. The fourth-order valence-corrected chi connectivity index (χ4v) is 5.51. The second-order valence-corrected chi connectivity index (χ2v) is 10.2. The average Bonchev–Trinajstić information content (AvgIpc) is 2.59. The largest absolute Gasteiger partial charge is 0.361 e. The van der Waals surface area contributed by atoms with Crippen LogP contribution in [0.2, 0.25) is 0 Å². The average molecular weight is 360 g/mol. The highest BCUT2D eigenvalue weighted by Gasteiger charge is 2.31. The van der Waals surface area contributed by atoms with E-state index in [1.54, 1.807) is 12.1 Å². The molecule has 0 bridgehead atoms. The molecule has 0 unspecified atom stereocenters. The topological polar surface area (TPSA) is 54.0 Å². The van der Waals surface area contributed by atoms with Crippen molar-refractivity contribution in [2.24, 2.45) is 0 Å². The summed E-state index contributed by atoms with van der Waals surface area (Å²) in [5.41, 5.74) is 0. The second-order valence-electron chi connectivity index (χ2n) is 4.38. The molecule has 120 valence electrons. The number of hydrogen-bond acceptors (Lipinski definition) is 6. The van der Waals surface area contributed by atoms with Gasteiger partial charge in [0, 0.05) is 39.1 Å². The van der Waals surface area contributed by atoms with Gasteiger partial charge in [0.15, 0.2) is 0 Å². The predicted octanol–water partition coefficient (Wildman–Crippen LogP) is 3.18. The Hall–Kier alpha value is -0.580. The Morgan fingerprint density at radius 2 is 1.32 bits per heavy atom. The predicted molar refractivity (Wildman–Crippen MR) is 93.1 cm³/mol. The van der Waals surface area contributed by atoms with E-state index in [1.165, 1.54) is 28.4 Å². The molecule has 2 rings (SSSR count). The molecule has 0 aromatic heterocycles. The van der Waals surface area contributed by atoms with Crippen LogP contribution in [-0.4, -0.2) is 28.4 Å². The lowest BCUT2D eigenvalue weighted by Crippen LogP contribution is -2.18. The summed E-state index contributed by atoms with van der Waals surface area (Å²) in [4.78, 5) is 0. The van der Waals surface area contributed by atoms with Crippen LogP contribution in [0.1, 0.15) is 0 Å². The molecule has 2 aromatic carbocycles.